The zero-order valence-corrected chi connectivity index (χ0v) is 5.89. The highest BCUT2D eigenvalue weighted by atomic mass is 16.1. The number of hydrogen-bond donors (Lipinski definition) is 0. The first-order chi connectivity index (χ1) is 4.70. The minimum absolute atomic E-state index is 0.150. The number of Topliss-reactive ketones (excluding diaryl/α,β-unsaturated/α-hetero) is 1. The number of hydrogen-bond acceptors (Lipinski definition) is 1. The van der Waals surface area contributed by atoms with Gasteiger partial charge in [0, 0.05) is 12.3 Å². The van der Waals surface area contributed by atoms with E-state index in [0.29, 0.717) is 11.7 Å². The number of carbonyl (C=O) groups excluding carboxylic acids is 1. The lowest BCUT2D eigenvalue weighted by atomic mass is 9.91. The molecular weight excluding hydrogens is 124 g/mol. The molecule has 0 saturated heterocycles. The Bertz CT molecular complexity index is 237. The summed E-state index contributed by atoms with van der Waals surface area (Å²) in [5.74, 6) is 0.977. The Labute approximate surface area is 60.4 Å². The van der Waals surface area contributed by atoms with Crippen LogP contribution in [0.4, 0.5) is 0 Å². The predicted molar refractivity (Wildman–Crippen MR) is 39.5 cm³/mol. The van der Waals surface area contributed by atoms with Gasteiger partial charge in [0.15, 0.2) is 0 Å². The van der Waals surface area contributed by atoms with Crippen LogP contribution < -0.4 is 0 Å². The normalized spacial score (nSPS) is 37.8. The Kier molecular flexibility index (Phi) is 0.942. The van der Waals surface area contributed by atoms with Crippen molar-refractivity contribution in [2.24, 2.45) is 11.8 Å². The molecule has 2 fully saturated rings. The van der Waals surface area contributed by atoms with Crippen molar-refractivity contribution in [3.05, 3.63) is 24.3 Å². The quantitative estimate of drug-likeness (QED) is 0.493. The Hall–Kier alpha value is -0.850. The minimum Gasteiger partial charge on any atom is -0.299 e. The van der Waals surface area contributed by atoms with Gasteiger partial charge in [-0.25, -0.2) is 0 Å². The van der Waals surface area contributed by atoms with E-state index in [9.17, 15) is 4.79 Å². The summed E-state index contributed by atoms with van der Waals surface area (Å²) >= 11 is 0. The topological polar surface area (TPSA) is 17.1 Å². The van der Waals surface area contributed by atoms with Gasteiger partial charge in [0.25, 0.3) is 0 Å². The van der Waals surface area contributed by atoms with E-state index in [-0.39, 0.29) is 5.92 Å². The standard InChI is InChI=1S/C9H10O/c1-5-6(2)8-3-7(5)4-9(8)10/h7-8H,1-4H2/t7-,8+/m1/s1. The first-order valence-corrected chi connectivity index (χ1v) is 3.61. The van der Waals surface area contributed by atoms with E-state index in [2.05, 4.69) is 13.2 Å². The molecule has 1 heteroatoms. The molecule has 0 aliphatic heterocycles. The molecule has 2 aliphatic carbocycles. The molecule has 0 aromatic heterocycles. The van der Waals surface area contributed by atoms with Crippen LogP contribution in [0.25, 0.3) is 0 Å². The van der Waals surface area contributed by atoms with Crippen molar-refractivity contribution < 1.29 is 4.79 Å². The second-order valence-electron chi connectivity index (χ2n) is 3.21. The lowest BCUT2D eigenvalue weighted by Gasteiger charge is -2.12. The van der Waals surface area contributed by atoms with Gasteiger partial charge in [-0.1, -0.05) is 13.2 Å². The van der Waals surface area contributed by atoms with E-state index in [0.717, 1.165) is 24.0 Å². The van der Waals surface area contributed by atoms with Crippen LogP contribution in [-0.2, 0) is 4.79 Å². The fourth-order valence-corrected chi connectivity index (χ4v) is 1.97. The Morgan fingerprint density at radius 3 is 2.40 bits per heavy atom. The molecule has 2 bridgehead atoms. The van der Waals surface area contributed by atoms with Crippen molar-refractivity contribution in [3.8, 4) is 0 Å². The SMILES string of the molecule is C=C1C(=C)[C@@H]2C[C@@H]1CC2=O. The van der Waals surface area contributed by atoms with E-state index in [1.54, 1.807) is 0 Å². The smallest absolute Gasteiger partial charge is 0.140 e. The molecule has 2 aliphatic rings. The molecular formula is C9H10O. The average molecular weight is 134 g/mol. The molecule has 0 heterocycles. The lowest BCUT2D eigenvalue weighted by molar-refractivity contribution is -0.120. The van der Waals surface area contributed by atoms with Gasteiger partial charge in [0.1, 0.15) is 5.78 Å². The monoisotopic (exact) mass is 134 g/mol. The summed E-state index contributed by atoms with van der Waals surface area (Å²) in [5, 5.41) is 0. The van der Waals surface area contributed by atoms with Crippen molar-refractivity contribution in [1.29, 1.82) is 0 Å². The van der Waals surface area contributed by atoms with Crippen LogP contribution in [-0.4, -0.2) is 5.78 Å². The van der Waals surface area contributed by atoms with Crippen molar-refractivity contribution >= 4 is 5.78 Å². The molecule has 0 N–H and O–H groups in total. The maximum atomic E-state index is 11.1. The van der Waals surface area contributed by atoms with Gasteiger partial charge in [-0.15, -0.1) is 0 Å². The zero-order valence-electron chi connectivity index (χ0n) is 5.89. The van der Waals surface area contributed by atoms with Gasteiger partial charge in [0.05, 0.1) is 0 Å². The predicted octanol–water partition coefficient (Wildman–Crippen LogP) is 1.71. The van der Waals surface area contributed by atoms with Crippen LogP contribution in [0, 0.1) is 11.8 Å². The number of rotatable bonds is 0. The van der Waals surface area contributed by atoms with Gasteiger partial charge in [-0.3, -0.25) is 4.79 Å². The summed E-state index contributed by atoms with van der Waals surface area (Å²) in [7, 11) is 0. The van der Waals surface area contributed by atoms with Gasteiger partial charge in [-0.05, 0) is 23.5 Å². The Morgan fingerprint density at radius 2 is 2.00 bits per heavy atom. The van der Waals surface area contributed by atoms with E-state index in [4.69, 9.17) is 0 Å². The van der Waals surface area contributed by atoms with Gasteiger partial charge >= 0.3 is 0 Å². The maximum Gasteiger partial charge on any atom is 0.140 e. The van der Waals surface area contributed by atoms with Crippen LogP contribution >= 0.6 is 0 Å². The third-order valence-corrected chi connectivity index (χ3v) is 2.68. The number of carbonyl (C=O) groups is 1. The minimum atomic E-state index is 0.150. The second kappa shape index (κ2) is 1.60. The summed E-state index contributed by atoms with van der Waals surface area (Å²) in [6, 6.07) is 0. The molecule has 1 nitrogen and oxygen atoms in total. The van der Waals surface area contributed by atoms with Gasteiger partial charge in [0.2, 0.25) is 0 Å². The zero-order chi connectivity index (χ0) is 7.30. The molecule has 0 spiro atoms. The summed E-state index contributed by atoms with van der Waals surface area (Å²) in [6.45, 7) is 7.75. The fraction of sp³-hybridized carbons (Fsp3) is 0.444. The largest absolute Gasteiger partial charge is 0.299 e. The molecule has 0 radical (unpaired) electrons. The van der Waals surface area contributed by atoms with Gasteiger partial charge < -0.3 is 0 Å². The van der Waals surface area contributed by atoms with Crippen LogP contribution in [0.1, 0.15) is 12.8 Å². The molecule has 0 aromatic rings. The maximum absolute atomic E-state index is 11.1. The van der Waals surface area contributed by atoms with E-state index in [1.165, 1.54) is 0 Å². The van der Waals surface area contributed by atoms with Crippen molar-refractivity contribution in [2.75, 3.05) is 0 Å². The summed E-state index contributed by atoms with van der Waals surface area (Å²) in [6.07, 6.45) is 1.72. The first-order valence-electron chi connectivity index (χ1n) is 3.61. The molecule has 0 amide bonds. The molecule has 0 unspecified atom stereocenters. The summed E-state index contributed by atoms with van der Waals surface area (Å²) in [5.41, 5.74) is 2.13. The fourth-order valence-electron chi connectivity index (χ4n) is 1.97. The third-order valence-electron chi connectivity index (χ3n) is 2.68. The van der Waals surface area contributed by atoms with Crippen molar-refractivity contribution in [3.63, 3.8) is 0 Å². The molecule has 0 aromatic carbocycles. The molecule has 2 rings (SSSR count). The van der Waals surface area contributed by atoms with E-state index < -0.39 is 0 Å². The van der Waals surface area contributed by atoms with Crippen LogP contribution in [0.15, 0.2) is 24.3 Å². The summed E-state index contributed by atoms with van der Waals surface area (Å²) in [4.78, 5) is 11.1. The van der Waals surface area contributed by atoms with Crippen LogP contribution in [0.3, 0.4) is 0 Å². The number of fused-ring (bicyclic) bond motifs is 2. The highest BCUT2D eigenvalue weighted by Crippen LogP contribution is 2.47. The van der Waals surface area contributed by atoms with Crippen LogP contribution in [0.2, 0.25) is 0 Å². The van der Waals surface area contributed by atoms with Gasteiger partial charge in [-0.2, -0.15) is 0 Å². The number of ketones is 1. The molecule has 2 atom stereocenters. The highest BCUT2D eigenvalue weighted by molar-refractivity contribution is 5.90. The third kappa shape index (κ3) is 0.505. The van der Waals surface area contributed by atoms with E-state index in [1.807, 2.05) is 0 Å². The Balaban J connectivity index is 2.41. The molecule has 2 saturated carbocycles. The average Bonchev–Trinajstić information content (AvgIpc) is 2.36. The molecule has 10 heavy (non-hydrogen) atoms. The second-order valence-corrected chi connectivity index (χ2v) is 3.21. The highest BCUT2D eigenvalue weighted by Gasteiger charge is 2.43. The van der Waals surface area contributed by atoms with Crippen LogP contribution in [0.5, 0.6) is 0 Å². The van der Waals surface area contributed by atoms with Crippen molar-refractivity contribution in [2.45, 2.75) is 12.8 Å². The summed E-state index contributed by atoms with van der Waals surface area (Å²) < 4.78 is 0. The molecule has 52 valence electrons. The first kappa shape index (κ1) is 5.90. The Morgan fingerprint density at radius 1 is 1.30 bits per heavy atom. The van der Waals surface area contributed by atoms with Crippen molar-refractivity contribution in [1.82, 2.24) is 0 Å². The lowest BCUT2D eigenvalue weighted by Crippen LogP contribution is -2.11. The van der Waals surface area contributed by atoms with E-state index >= 15 is 0 Å². The number of allylic oxidation sites excluding steroid dienone is 2.